The van der Waals surface area contributed by atoms with Crippen molar-refractivity contribution >= 4 is 21.8 Å². The average molecular weight is 342 g/mol. The lowest BCUT2D eigenvalue weighted by molar-refractivity contribution is -0.141. The highest BCUT2D eigenvalue weighted by Crippen LogP contribution is 2.28. The maximum absolute atomic E-state index is 12.4. The third-order valence-corrected chi connectivity index (χ3v) is 5.97. The minimum Gasteiger partial charge on any atom is -0.250 e. The zero-order valence-electron chi connectivity index (χ0n) is 11.9. The van der Waals surface area contributed by atoms with Gasteiger partial charge in [0.05, 0.1) is 0 Å². The molecule has 9 heteroatoms. The molecule has 1 heterocycles. The lowest BCUT2D eigenvalue weighted by Gasteiger charge is -2.23. The topological polar surface area (TPSA) is 50.3 Å². The van der Waals surface area contributed by atoms with E-state index in [-0.39, 0.29) is 10.9 Å². The molecule has 0 amide bonds. The fourth-order valence-electron chi connectivity index (χ4n) is 1.50. The highest BCUT2D eigenvalue weighted by atomic mass is 32.2. The largest absolute Gasteiger partial charge is 0.433 e. The number of halogens is 3. The van der Waals surface area contributed by atoms with Crippen molar-refractivity contribution in [3.8, 4) is 0 Å². The van der Waals surface area contributed by atoms with E-state index in [1.807, 2.05) is 6.92 Å². The van der Waals surface area contributed by atoms with Crippen LogP contribution in [0.5, 0.6) is 0 Å². The summed E-state index contributed by atoms with van der Waals surface area (Å²) in [7, 11) is -2.43. The SMILES string of the molecule is CCSCC(C)N(C)S(=O)(=O)c1ccc(C(F)(F)F)nc1. The van der Waals surface area contributed by atoms with Crippen molar-refractivity contribution < 1.29 is 21.6 Å². The lowest BCUT2D eigenvalue weighted by atomic mass is 10.3. The summed E-state index contributed by atoms with van der Waals surface area (Å²) in [5, 5.41) is 0. The number of pyridine rings is 1. The molecule has 1 aromatic rings. The van der Waals surface area contributed by atoms with Crippen LogP contribution in [0.1, 0.15) is 19.5 Å². The first-order chi connectivity index (χ1) is 9.60. The van der Waals surface area contributed by atoms with Crippen molar-refractivity contribution in [2.45, 2.75) is 31.0 Å². The first-order valence-corrected chi connectivity index (χ1v) is 8.79. The molecule has 0 spiro atoms. The molecule has 0 aliphatic carbocycles. The van der Waals surface area contributed by atoms with Gasteiger partial charge in [0.1, 0.15) is 10.6 Å². The first kappa shape index (κ1) is 18.2. The van der Waals surface area contributed by atoms with Crippen LogP contribution in [0, 0.1) is 0 Å². The zero-order chi connectivity index (χ0) is 16.3. The Balaban J connectivity index is 2.97. The Morgan fingerprint density at radius 2 is 2.00 bits per heavy atom. The summed E-state index contributed by atoms with van der Waals surface area (Å²) in [5.41, 5.74) is -1.11. The Morgan fingerprint density at radius 1 is 1.38 bits per heavy atom. The van der Waals surface area contributed by atoms with Gasteiger partial charge in [-0.2, -0.15) is 29.2 Å². The van der Waals surface area contributed by atoms with E-state index in [1.54, 1.807) is 18.7 Å². The van der Waals surface area contributed by atoms with Gasteiger partial charge in [-0.15, -0.1) is 0 Å². The van der Waals surface area contributed by atoms with E-state index in [4.69, 9.17) is 0 Å². The quantitative estimate of drug-likeness (QED) is 0.798. The van der Waals surface area contributed by atoms with Crippen molar-refractivity contribution in [2.24, 2.45) is 0 Å². The van der Waals surface area contributed by atoms with Gasteiger partial charge in [0.15, 0.2) is 0 Å². The number of hydrogen-bond acceptors (Lipinski definition) is 4. The number of rotatable bonds is 6. The van der Waals surface area contributed by atoms with Gasteiger partial charge >= 0.3 is 6.18 Å². The summed E-state index contributed by atoms with van der Waals surface area (Å²) >= 11 is 1.59. The number of sulfonamides is 1. The van der Waals surface area contributed by atoms with Crippen molar-refractivity contribution in [1.82, 2.24) is 9.29 Å². The predicted octanol–water partition coefficient (Wildman–Crippen LogP) is 2.86. The second-order valence-electron chi connectivity index (χ2n) is 4.41. The van der Waals surface area contributed by atoms with Crippen LogP contribution in [-0.2, 0) is 16.2 Å². The van der Waals surface area contributed by atoms with Crippen molar-refractivity contribution in [3.05, 3.63) is 24.0 Å². The van der Waals surface area contributed by atoms with Crippen LogP contribution >= 0.6 is 11.8 Å². The highest BCUT2D eigenvalue weighted by molar-refractivity contribution is 7.99. The standard InChI is InChI=1S/C12H17F3N2O2S2/c1-4-20-8-9(2)17(3)21(18,19)10-5-6-11(16-7-10)12(13,14)15/h5-7,9H,4,8H2,1-3H3. The van der Waals surface area contributed by atoms with E-state index >= 15 is 0 Å². The number of alkyl halides is 3. The molecule has 21 heavy (non-hydrogen) atoms. The van der Waals surface area contributed by atoms with Crippen molar-refractivity contribution in [2.75, 3.05) is 18.6 Å². The van der Waals surface area contributed by atoms with Crippen molar-refractivity contribution in [3.63, 3.8) is 0 Å². The minimum absolute atomic E-state index is 0.244. The van der Waals surface area contributed by atoms with Crippen LogP contribution < -0.4 is 0 Å². The Labute approximate surface area is 126 Å². The third-order valence-electron chi connectivity index (χ3n) is 2.89. The van der Waals surface area contributed by atoms with Gasteiger partial charge in [0.2, 0.25) is 10.0 Å². The van der Waals surface area contributed by atoms with Gasteiger partial charge in [0.25, 0.3) is 0 Å². The molecular formula is C12H17F3N2O2S2. The summed E-state index contributed by atoms with van der Waals surface area (Å²) in [6.45, 7) is 3.71. The molecule has 4 nitrogen and oxygen atoms in total. The summed E-state index contributed by atoms with van der Waals surface area (Å²) < 4.78 is 63.0. The number of aromatic nitrogens is 1. The van der Waals surface area contributed by atoms with E-state index in [9.17, 15) is 21.6 Å². The molecule has 1 aromatic heterocycles. The molecule has 1 atom stereocenters. The smallest absolute Gasteiger partial charge is 0.250 e. The van der Waals surface area contributed by atoms with Crippen LogP contribution in [0.25, 0.3) is 0 Å². The maximum Gasteiger partial charge on any atom is 0.433 e. The first-order valence-electron chi connectivity index (χ1n) is 6.19. The highest BCUT2D eigenvalue weighted by Gasteiger charge is 2.33. The van der Waals surface area contributed by atoms with Gasteiger partial charge in [-0.3, -0.25) is 4.98 Å². The molecule has 1 rings (SSSR count). The number of nitrogens with zero attached hydrogens (tertiary/aromatic N) is 2. The lowest BCUT2D eigenvalue weighted by Crippen LogP contribution is -2.36. The van der Waals surface area contributed by atoms with Crippen LogP contribution in [0.15, 0.2) is 23.2 Å². The van der Waals surface area contributed by atoms with Crippen LogP contribution in [0.2, 0.25) is 0 Å². The molecule has 0 aromatic carbocycles. The number of hydrogen-bond donors (Lipinski definition) is 0. The predicted molar refractivity (Wildman–Crippen MR) is 76.6 cm³/mol. The third kappa shape index (κ3) is 4.58. The van der Waals surface area contributed by atoms with Gasteiger partial charge in [-0.1, -0.05) is 6.92 Å². The van der Waals surface area contributed by atoms with E-state index < -0.39 is 21.9 Å². The van der Waals surface area contributed by atoms with E-state index in [0.717, 1.165) is 22.3 Å². The molecule has 0 aliphatic heterocycles. The molecule has 0 saturated heterocycles. The monoisotopic (exact) mass is 342 g/mol. The van der Waals surface area contributed by atoms with Crippen molar-refractivity contribution in [1.29, 1.82) is 0 Å². The summed E-state index contributed by atoms with van der Waals surface area (Å²) in [5.74, 6) is 1.47. The van der Waals surface area contributed by atoms with E-state index in [1.165, 1.54) is 7.05 Å². The minimum atomic E-state index is -4.58. The molecule has 0 radical (unpaired) electrons. The summed E-state index contributed by atoms with van der Waals surface area (Å²) in [4.78, 5) is 2.94. The molecule has 0 bridgehead atoms. The van der Waals surface area contributed by atoms with Crippen LogP contribution in [0.3, 0.4) is 0 Å². The normalized spacial score (nSPS) is 14.4. The van der Waals surface area contributed by atoms with Gasteiger partial charge in [-0.05, 0) is 24.8 Å². The maximum atomic E-state index is 12.4. The zero-order valence-corrected chi connectivity index (χ0v) is 13.5. The fraction of sp³-hybridized carbons (Fsp3) is 0.583. The second-order valence-corrected chi connectivity index (χ2v) is 7.72. The Bertz CT molecular complexity index is 559. The average Bonchev–Trinajstić information content (AvgIpc) is 2.43. The summed E-state index contributed by atoms with van der Waals surface area (Å²) in [6, 6.07) is 1.34. The molecular weight excluding hydrogens is 325 g/mol. The molecule has 0 saturated carbocycles. The molecule has 120 valence electrons. The Kier molecular flexibility index (Phi) is 6.06. The number of thioether (sulfide) groups is 1. The Hall–Kier alpha value is -0.800. The van der Waals surface area contributed by atoms with Gasteiger partial charge in [0, 0.05) is 25.0 Å². The second kappa shape index (κ2) is 6.97. The fourth-order valence-corrected chi connectivity index (χ4v) is 3.70. The van der Waals surface area contributed by atoms with Crippen LogP contribution in [0.4, 0.5) is 13.2 Å². The Morgan fingerprint density at radius 3 is 2.43 bits per heavy atom. The van der Waals surface area contributed by atoms with E-state index in [0.29, 0.717) is 11.8 Å². The van der Waals surface area contributed by atoms with E-state index in [2.05, 4.69) is 4.98 Å². The molecule has 1 unspecified atom stereocenters. The van der Waals surface area contributed by atoms with Crippen LogP contribution in [-0.4, -0.2) is 42.3 Å². The molecule has 0 fully saturated rings. The molecule has 0 aliphatic rings. The van der Waals surface area contributed by atoms with Gasteiger partial charge in [-0.25, -0.2) is 8.42 Å². The summed E-state index contributed by atoms with van der Waals surface area (Å²) in [6.07, 6.45) is -3.84. The van der Waals surface area contributed by atoms with Gasteiger partial charge < -0.3 is 0 Å². The molecule has 0 N–H and O–H groups in total.